The van der Waals surface area contributed by atoms with Gasteiger partial charge in [0, 0.05) is 0 Å². The van der Waals surface area contributed by atoms with Crippen molar-refractivity contribution in [3.05, 3.63) is 0 Å². The predicted octanol–water partition coefficient (Wildman–Crippen LogP) is -2.28. The number of alkyl halides is 1. The lowest BCUT2D eigenvalue weighted by atomic mass is 9.99. The summed E-state index contributed by atoms with van der Waals surface area (Å²) < 4.78 is 17.6. The highest BCUT2D eigenvalue weighted by molar-refractivity contribution is 4.90. The first-order valence-corrected chi connectivity index (χ1v) is 3.60. The van der Waals surface area contributed by atoms with Crippen LogP contribution in [0.2, 0.25) is 0 Å². The smallest absolute Gasteiger partial charge is 0.173 e. The van der Waals surface area contributed by atoms with Crippen LogP contribution in [0.4, 0.5) is 4.39 Å². The summed E-state index contributed by atoms with van der Waals surface area (Å²) in [5.41, 5.74) is 5.14. The minimum atomic E-state index is -1.77. The largest absolute Gasteiger partial charge is 0.394 e. The summed E-state index contributed by atoms with van der Waals surface area (Å²) in [4.78, 5) is 0. The van der Waals surface area contributed by atoms with Gasteiger partial charge in [-0.2, -0.15) is 0 Å². The molecule has 5 N–H and O–H groups in total. The lowest BCUT2D eigenvalue weighted by Crippen LogP contribution is -2.60. The first-order chi connectivity index (χ1) is 5.57. The van der Waals surface area contributed by atoms with Gasteiger partial charge < -0.3 is 25.8 Å². The summed E-state index contributed by atoms with van der Waals surface area (Å²) in [5, 5.41) is 26.6. The van der Waals surface area contributed by atoms with Gasteiger partial charge >= 0.3 is 0 Å². The van der Waals surface area contributed by atoms with Crippen molar-refractivity contribution in [1.29, 1.82) is 0 Å². The predicted molar refractivity (Wildman–Crippen MR) is 36.8 cm³/mol. The molecule has 5 atom stereocenters. The van der Waals surface area contributed by atoms with E-state index in [1.807, 2.05) is 0 Å². The maximum Gasteiger partial charge on any atom is 0.173 e. The second kappa shape index (κ2) is 3.63. The quantitative estimate of drug-likeness (QED) is 0.365. The van der Waals surface area contributed by atoms with E-state index in [1.54, 1.807) is 0 Å². The lowest BCUT2D eigenvalue weighted by molar-refractivity contribution is -0.237. The van der Waals surface area contributed by atoms with Crippen LogP contribution in [0.15, 0.2) is 0 Å². The van der Waals surface area contributed by atoms with Gasteiger partial charge in [0.25, 0.3) is 0 Å². The van der Waals surface area contributed by atoms with Crippen molar-refractivity contribution in [1.82, 2.24) is 0 Å². The van der Waals surface area contributed by atoms with Crippen molar-refractivity contribution >= 4 is 0 Å². The zero-order valence-corrected chi connectivity index (χ0v) is 6.30. The first-order valence-electron chi connectivity index (χ1n) is 3.60. The molecular formula is C6H12FNO4. The zero-order valence-electron chi connectivity index (χ0n) is 6.30. The SMILES string of the molecule is N[C@@H]1[C@H](F)[C@H](O)[C@@H](CO)O[C@@H]1O. The van der Waals surface area contributed by atoms with E-state index >= 15 is 0 Å². The molecule has 72 valence electrons. The van der Waals surface area contributed by atoms with Gasteiger partial charge in [0.1, 0.15) is 18.4 Å². The molecule has 1 aliphatic rings. The molecule has 1 aliphatic heterocycles. The van der Waals surface area contributed by atoms with Crippen molar-refractivity contribution in [2.75, 3.05) is 6.61 Å². The molecule has 6 heteroatoms. The fraction of sp³-hybridized carbons (Fsp3) is 1.00. The van der Waals surface area contributed by atoms with E-state index in [4.69, 9.17) is 21.1 Å². The molecule has 1 saturated heterocycles. The van der Waals surface area contributed by atoms with Crippen LogP contribution in [0, 0.1) is 0 Å². The highest BCUT2D eigenvalue weighted by atomic mass is 19.1. The van der Waals surface area contributed by atoms with Gasteiger partial charge in [-0.1, -0.05) is 0 Å². The van der Waals surface area contributed by atoms with Crippen molar-refractivity contribution in [2.24, 2.45) is 5.73 Å². The third-order valence-corrected chi connectivity index (χ3v) is 1.90. The lowest BCUT2D eigenvalue weighted by Gasteiger charge is -2.36. The van der Waals surface area contributed by atoms with E-state index in [1.165, 1.54) is 0 Å². The van der Waals surface area contributed by atoms with E-state index in [2.05, 4.69) is 4.74 Å². The molecule has 1 rings (SSSR count). The van der Waals surface area contributed by atoms with Gasteiger partial charge in [0.2, 0.25) is 0 Å². The van der Waals surface area contributed by atoms with Gasteiger partial charge in [-0.3, -0.25) is 0 Å². The van der Waals surface area contributed by atoms with E-state index in [-0.39, 0.29) is 0 Å². The molecular weight excluding hydrogens is 169 g/mol. The fourth-order valence-electron chi connectivity index (χ4n) is 1.09. The Bertz CT molecular complexity index is 154. The first kappa shape index (κ1) is 9.82. The number of nitrogens with two attached hydrogens (primary N) is 1. The molecule has 12 heavy (non-hydrogen) atoms. The van der Waals surface area contributed by atoms with Crippen LogP contribution in [0.3, 0.4) is 0 Å². The molecule has 0 aromatic rings. The molecule has 0 aliphatic carbocycles. The number of hydrogen-bond acceptors (Lipinski definition) is 5. The topological polar surface area (TPSA) is 95.9 Å². The van der Waals surface area contributed by atoms with Gasteiger partial charge in [0.05, 0.1) is 12.6 Å². The Balaban J connectivity index is 2.63. The molecule has 0 aromatic carbocycles. The minimum Gasteiger partial charge on any atom is -0.394 e. The molecule has 0 amide bonds. The molecule has 1 fully saturated rings. The molecule has 1 heterocycles. The van der Waals surface area contributed by atoms with Crippen LogP contribution in [-0.2, 0) is 4.74 Å². The second-order valence-electron chi connectivity index (χ2n) is 2.76. The number of hydrogen-bond donors (Lipinski definition) is 4. The van der Waals surface area contributed by atoms with Crippen LogP contribution >= 0.6 is 0 Å². The minimum absolute atomic E-state index is 0.550. The number of rotatable bonds is 1. The van der Waals surface area contributed by atoms with Gasteiger partial charge in [-0.05, 0) is 0 Å². The molecule has 0 saturated carbocycles. The van der Waals surface area contributed by atoms with Crippen LogP contribution in [0.1, 0.15) is 0 Å². The maximum absolute atomic E-state index is 12.9. The average Bonchev–Trinajstić information content (AvgIpc) is 2.08. The van der Waals surface area contributed by atoms with Gasteiger partial charge in [0.15, 0.2) is 6.29 Å². The third kappa shape index (κ3) is 1.57. The average molecular weight is 181 g/mol. The Morgan fingerprint density at radius 2 is 2.00 bits per heavy atom. The van der Waals surface area contributed by atoms with Crippen molar-refractivity contribution in [2.45, 2.75) is 30.7 Å². The Kier molecular flexibility index (Phi) is 2.97. The molecule has 0 bridgehead atoms. The molecule has 0 spiro atoms. The molecule has 0 radical (unpaired) electrons. The van der Waals surface area contributed by atoms with E-state index in [0.717, 1.165) is 0 Å². The highest BCUT2D eigenvalue weighted by Gasteiger charge is 2.42. The third-order valence-electron chi connectivity index (χ3n) is 1.90. The Hall–Kier alpha value is -0.270. The molecule has 0 aromatic heterocycles. The summed E-state index contributed by atoms with van der Waals surface area (Å²) in [7, 11) is 0. The van der Waals surface area contributed by atoms with E-state index in [0.29, 0.717) is 0 Å². The molecule has 5 nitrogen and oxygen atoms in total. The Morgan fingerprint density at radius 1 is 1.42 bits per heavy atom. The maximum atomic E-state index is 12.9. The highest BCUT2D eigenvalue weighted by Crippen LogP contribution is 2.20. The Labute approximate surface area is 68.6 Å². The molecule has 0 unspecified atom stereocenters. The summed E-state index contributed by atoms with van der Waals surface area (Å²) in [6.45, 7) is -0.550. The van der Waals surface area contributed by atoms with Crippen molar-refractivity contribution in [3.63, 3.8) is 0 Å². The van der Waals surface area contributed by atoms with Gasteiger partial charge in [-0.15, -0.1) is 0 Å². The summed E-state index contributed by atoms with van der Waals surface area (Å²) in [6.07, 6.45) is -5.82. The van der Waals surface area contributed by atoms with Crippen molar-refractivity contribution < 1.29 is 24.4 Å². The summed E-state index contributed by atoms with van der Waals surface area (Å²) >= 11 is 0. The second-order valence-corrected chi connectivity index (χ2v) is 2.76. The number of aliphatic hydroxyl groups is 3. The van der Waals surface area contributed by atoms with Crippen LogP contribution < -0.4 is 5.73 Å². The number of ether oxygens (including phenoxy) is 1. The standard InChI is InChI=1S/C6H12FNO4/c7-3-4(8)6(11)12-2(1-9)5(3)10/h2-6,9-11H,1,8H2/t2-,3+,4-,5-,6+/m1/s1. The fourth-order valence-corrected chi connectivity index (χ4v) is 1.09. The van der Waals surface area contributed by atoms with Crippen LogP contribution in [-0.4, -0.2) is 52.6 Å². The number of halogens is 1. The van der Waals surface area contributed by atoms with E-state index in [9.17, 15) is 4.39 Å². The summed E-state index contributed by atoms with van der Waals surface area (Å²) in [5.74, 6) is 0. The number of aliphatic hydroxyl groups excluding tert-OH is 3. The van der Waals surface area contributed by atoms with Crippen LogP contribution in [0.5, 0.6) is 0 Å². The summed E-state index contributed by atoms with van der Waals surface area (Å²) in [6, 6.07) is -1.26. The Morgan fingerprint density at radius 3 is 2.50 bits per heavy atom. The monoisotopic (exact) mass is 181 g/mol. The normalized spacial score (nSPS) is 49.2. The zero-order chi connectivity index (χ0) is 9.30. The van der Waals surface area contributed by atoms with Gasteiger partial charge in [-0.25, -0.2) is 4.39 Å². The van der Waals surface area contributed by atoms with Crippen LogP contribution in [0.25, 0.3) is 0 Å². The van der Waals surface area contributed by atoms with Crippen molar-refractivity contribution in [3.8, 4) is 0 Å². The van der Waals surface area contributed by atoms with E-state index < -0.39 is 37.3 Å².